The fourth-order valence-electron chi connectivity index (χ4n) is 1.45. The van der Waals surface area contributed by atoms with Gasteiger partial charge in [0.05, 0.1) is 6.20 Å². The number of aromatic nitrogens is 3. The van der Waals surface area contributed by atoms with Gasteiger partial charge in [-0.3, -0.25) is 0 Å². The van der Waals surface area contributed by atoms with Crippen LogP contribution in [0.25, 0.3) is 5.65 Å². The summed E-state index contributed by atoms with van der Waals surface area (Å²) in [6.45, 7) is 4.39. The first-order chi connectivity index (χ1) is 6.33. The standard InChI is InChI=1S/C10H13N3/c1-3-8(2)9-4-5-10-11-6-7-12-13(9)10/h4-8H,3H2,1-2H3. The SMILES string of the molecule is CCC(C)c1ccc2nccnn12. The van der Waals surface area contributed by atoms with Gasteiger partial charge in [0.2, 0.25) is 0 Å². The second-order valence-electron chi connectivity index (χ2n) is 3.28. The van der Waals surface area contributed by atoms with Crippen LogP contribution in [0.15, 0.2) is 24.5 Å². The van der Waals surface area contributed by atoms with Gasteiger partial charge in [0, 0.05) is 11.9 Å². The molecule has 0 radical (unpaired) electrons. The van der Waals surface area contributed by atoms with E-state index in [1.165, 1.54) is 5.69 Å². The van der Waals surface area contributed by atoms with Crippen LogP contribution in [-0.2, 0) is 0 Å². The Bertz CT molecular complexity index is 405. The zero-order valence-corrected chi connectivity index (χ0v) is 7.94. The van der Waals surface area contributed by atoms with Crippen molar-refractivity contribution in [1.82, 2.24) is 14.6 Å². The quantitative estimate of drug-likeness (QED) is 0.700. The average Bonchev–Trinajstić information content (AvgIpc) is 2.60. The molecule has 3 nitrogen and oxygen atoms in total. The van der Waals surface area contributed by atoms with Gasteiger partial charge in [-0.05, 0) is 24.5 Å². The number of nitrogens with zero attached hydrogens (tertiary/aromatic N) is 3. The molecule has 0 aliphatic rings. The molecule has 0 spiro atoms. The maximum atomic E-state index is 4.26. The first kappa shape index (κ1) is 8.23. The third-order valence-corrected chi connectivity index (χ3v) is 2.44. The number of hydrogen-bond donors (Lipinski definition) is 0. The highest BCUT2D eigenvalue weighted by atomic mass is 15.2. The van der Waals surface area contributed by atoms with Crippen molar-refractivity contribution in [3.05, 3.63) is 30.2 Å². The molecular weight excluding hydrogens is 162 g/mol. The molecule has 0 aromatic carbocycles. The molecule has 0 amide bonds. The Labute approximate surface area is 77.4 Å². The molecule has 2 aromatic heterocycles. The molecule has 0 aliphatic carbocycles. The fraction of sp³-hybridized carbons (Fsp3) is 0.400. The molecule has 0 fully saturated rings. The van der Waals surface area contributed by atoms with E-state index in [9.17, 15) is 0 Å². The summed E-state index contributed by atoms with van der Waals surface area (Å²) in [5.41, 5.74) is 2.17. The Kier molecular flexibility index (Phi) is 2.00. The minimum atomic E-state index is 0.541. The molecule has 1 unspecified atom stereocenters. The number of hydrogen-bond acceptors (Lipinski definition) is 2. The van der Waals surface area contributed by atoms with Crippen LogP contribution in [0, 0.1) is 0 Å². The molecule has 68 valence electrons. The lowest BCUT2D eigenvalue weighted by Gasteiger charge is -2.06. The van der Waals surface area contributed by atoms with Crippen LogP contribution in [0.2, 0.25) is 0 Å². The van der Waals surface area contributed by atoms with Gasteiger partial charge in [-0.1, -0.05) is 13.8 Å². The van der Waals surface area contributed by atoms with E-state index in [0.29, 0.717) is 5.92 Å². The molecule has 2 aromatic rings. The summed E-state index contributed by atoms with van der Waals surface area (Å²) in [7, 11) is 0. The fourth-order valence-corrected chi connectivity index (χ4v) is 1.45. The Hall–Kier alpha value is -1.38. The summed E-state index contributed by atoms with van der Waals surface area (Å²) in [6, 6.07) is 4.11. The molecule has 13 heavy (non-hydrogen) atoms. The lowest BCUT2D eigenvalue weighted by molar-refractivity contribution is 0.674. The summed E-state index contributed by atoms with van der Waals surface area (Å²) in [4.78, 5) is 4.22. The van der Waals surface area contributed by atoms with Crippen molar-refractivity contribution in [3.63, 3.8) is 0 Å². The Morgan fingerprint density at radius 2 is 2.23 bits per heavy atom. The smallest absolute Gasteiger partial charge is 0.153 e. The van der Waals surface area contributed by atoms with Crippen molar-refractivity contribution in [3.8, 4) is 0 Å². The van der Waals surface area contributed by atoms with Crippen molar-refractivity contribution in [2.75, 3.05) is 0 Å². The summed E-state index contributed by atoms with van der Waals surface area (Å²) in [5.74, 6) is 0.541. The lowest BCUT2D eigenvalue weighted by Crippen LogP contribution is -2.01. The summed E-state index contributed by atoms with van der Waals surface area (Å²) in [6.07, 6.45) is 4.57. The van der Waals surface area contributed by atoms with Gasteiger partial charge in [-0.25, -0.2) is 9.50 Å². The molecule has 1 atom stereocenters. The van der Waals surface area contributed by atoms with E-state index in [1.807, 2.05) is 10.6 Å². The number of rotatable bonds is 2. The van der Waals surface area contributed by atoms with Crippen molar-refractivity contribution in [2.45, 2.75) is 26.2 Å². The molecule has 0 N–H and O–H groups in total. The first-order valence-electron chi connectivity index (χ1n) is 4.61. The van der Waals surface area contributed by atoms with Gasteiger partial charge < -0.3 is 0 Å². The van der Waals surface area contributed by atoms with Gasteiger partial charge in [-0.15, -0.1) is 0 Å². The van der Waals surface area contributed by atoms with Crippen molar-refractivity contribution >= 4 is 5.65 Å². The normalized spacial score (nSPS) is 13.4. The van der Waals surface area contributed by atoms with Crippen LogP contribution in [0.5, 0.6) is 0 Å². The second kappa shape index (κ2) is 3.17. The van der Waals surface area contributed by atoms with E-state index < -0.39 is 0 Å². The molecule has 3 heteroatoms. The molecule has 0 saturated carbocycles. The first-order valence-corrected chi connectivity index (χ1v) is 4.61. The minimum absolute atomic E-state index is 0.541. The molecule has 0 saturated heterocycles. The van der Waals surface area contributed by atoms with E-state index in [4.69, 9.17) is 0 Å². The monoisotopic (exact) mass is 175 g/mol. The minimum Gasteiger partial charge on any atom is -0.235 e. The van der Waals surface area contributed by atoms with Crippen LogP contribution in [0.4, 0.5) is 0 Å². The summed E-state index contributed by atoms with van der Waals surface area (Å²) in [5, 5.41) is 4.26. The zero-order chi connectivity index (χ0) is 9.26. The molecule has 2 heterocycles. The third kappa shape index (κ3) is 1.30. The Morgan fingerprint density at radius 3 is 3.00 bits per heavy atom. The molecule has 0 bridgehead atoms. The van der Waals surface area contributed by atoms with Gasteiger partial charge in [0.1, 0.15) is 0 Å². The van der Waals surface area contributed by atoms with Crippen LogP contribution in [0.1, 0.15) is 31.9 Å². The van der Waals surface area contributed by atoms with Crippen LogP contribution in [-0.4, -0.2) is 14.6 Å². The van der Waals surface area contributed by atoms with Crippen molar-refractivity contribution in [2.24, 2.45) is 0 Å². The van der Waals surface area contributed by atoms with Crippen molar-refractivity contribution in [1.29, 1.82) is 0 Å². The van der Waals surface area contributed by atoms with Crippen LogP contribution >= 0.6 is 0 Å². The van der Waals surface area contributed by atoms with E-state index in [-0.39, 0.29) is 0 Å². The molecule has 2 rings (SSSR count). The van der Waals surface area contributed by atoms with E-state index in [2.05, 4.69) is 30.0 Å². The molecule has 0 aliphatic heterocycles. The maximum Gasteiger partial charge on any atom is 0.153 e. The Balaban J connectivity index is 2.57. The van der Waals surface area contributed by atoms with E-state index in [1.54, 1.807) is 12.4 Å². The summed E-state index contributed by atoms with van der Waals surface area (Å²) < 4.78 is 1.91. The van der Waals surface area contributed by atoms with Crippen molar-refractivity contribution < 1.29 is 0 Å². The second-order valence-corrected chi connectivity index (χ2v) is 3.28. The number of fused-ring (bicyclic) bond motifs is 1. The van der Waals surface area contributed by atoms with Crippen LogP contribution in [0.3, 0.4) is 0 Å². The van der Waals surface area contributed by atoms with Gasteiger partial charge >= 0.3 is 0 Å². The van der Waals surface area contributed by atoms with Gasteiger partial charge in [0.15, 0.2) is 5.65 Å². The van der Waals surface area contributed by atoms with E-state index >= 15 is 0 Å². The van der Waals surface area contributed by atoms with Crippen LogP contribution < -0.4 is 0 Å². The van der Waals surface area contributed by atoms with Gasteiger partial charge in [-0.2, -0.15) is 5.10 Å². The molecular formula is C10H13N3. The summed E-state index contributed by atoms with van der Waals surface area (Å²) >= 11 is 0. The van der Waals surface area contributed by atoms with Gasteiger partial charge in [0.25, 0.3) is 0 Å². The topological polar surface area (TPSA) is 30.2 Å². The predicted octanol–water partition coefficient (Wildman–Crippen LogP) is 2.24. The maximum absolute atomic E-state index is 4.26. The average molecular weight is 175 g/mol. The zero-order valence-electron chi connectivity index (χ0n) is 7.94. The van der Waals surface area contributed by atoms with E-state index in [0.717, 1.165) is 12.1 Å². The predicted molar refractivity (Wildman–Crippen MR) is 51.7 cm³/mol. The largest absolute Gasteiger partial charge is 0.235 e. The third-order valence-electron chi connectivity index (χ3n) is 2.44. The highest BCUT2D eigenvalue weighted by molar-refractivity contribution is 5.40. The lowest BCUT2D eigenvalue weighted by atomic mass is 10.1. The highest BCUT2D eigenvalue weighted by Crippen LogP contribution is 2.19. The Morgan fingerprint density at radius 1 is 1.38 bits per heavy atom. The highest BCUT2D eigenvalue weighted by Gasteiger charge is 2.08.